The Balaban J connectivity index is 2.45. The molecule has 0 atom stereocenters. The molecule has 2 aromatic heterocycles. The highest BCUT2D eigenvalue weighted by molar-refractivity contribution is 7.99. The highest BCUT2D eigenvalue weighted by Gasteiger charge is 2.19. The molecule has 0 aliphatic carbocycles. The van der Waals surface area contributed by atoms with E-state index in [1.807, 2.05) is 0 Å². The maximum Gasteiger partial charge on any atom is 0.343 e. The van der Waals surface area contributed by atoms with Crippen LogP contribution in [0.5, 0.6) is 0 Å². The molecule has 2 N–H and O–H groups in total. The Bertz CT molecular complexity index is 679. The lowest BCUT2D eigenvalue weighted by Crippen LogP contribution is -2.12. The third kappa shape index (κ3) is 2.57. The molecule has 0 unspecified atom stereocenters. The first kappa shape index (κ1) is 13.1. The van der Waals surface area contributed by atoms with E-state index in [1.165, 1.54) is 23.7 Å². The Hall–Kier alpha value is -2.36. The van der Waals surface area contributed by atoms with Gasteiger partial charge in [-0.1, -0.05) is 0 Å². The number of anilines is 1. The lowest BCUT2D eigenvalue weighted by Gasteiger charge is -2.04. The standard InChI is InChI=1S/C9H10N6O3S/c1-10-6-4-3-5(15(17)18)7(11-6)19-9-13-12-8(16)14(9)2/h3-4H,1-2H3,(H,10,11)(H,12,16). The Kier molecular flexibility index (Phi) is 3.51. The van der Waals surface area contributed by atoms with Crippen molar-refractivity contribution in [3.63, 3.8) is 0 Å². The second-order valence-electron chi connectivity index (χ2n) is 3.50. The largest absolute Gasteiger partial charge is 0.373 e. The molecule has 0 saturated carbocycles. The van der Waals surface area contributed by atoms with Gasteiger partial charge in [0.05, 0.1) is 4.92 Å². The maximum absolute atomic E-state index is 11.2. The monoisotopic (exact) mass is 282 g/mol. The van der Waals surface area contributed by atoms with Crippen molar-refractivity contribution in [2.75, 3.05) is 12.4 Å². The van der Waals surface area contributed by atoms with Crippen molar-refractivity contribution in [2.24, 2.45) is 7.05 Å². The summed E-state index contributed by atoms with van der Waals surface area (Å²) in [6.07, 6.45) is 0. The predicted octanol–water partition coefficient (Wildman–Crippen LogP) is 0.604. The van der Waals surface area contributed by atoms with E-state index in [1.54, 1.807) is 7.05 Å². The Labute approximate surface area is 111 Å². The van der Waals surface area contributed by atoms with Crippen LogP contribution in [0.25, 0.3) is 0 Å². The number of nitrogens with one attached hydrogen (secondary N) is 2. The van der Waals surface area contributed by atoms with Crippen molar-refractivity contribution in [2.45, 2.75) is 10.2 Å². The molecule has 0 aromatic carbocycles. The Morgan fingerprint density at radius 2 is 2.26 bits per heavy atom. The fourth-order valence-electron chi connectivity index (χ4n) is 1.30. The molecule has 9 nitrogen and oxygen atoms in total. The van der Waals surface area contributed by atoms with Gasteiger partial charge in [-0.25, -0.2) is 14.9 Å². The number of pyridine rings is 1. The fraction of sp³-hybridized carbons (Fsp3) is 0.222. The highest BCUT2D eigenvalue weighted by Crippen LogP contribution is 2.32. The summed E-state index contributed by atoms with van der Waals surface area (Å²) >= 11 is 0.947. The number of rotatable bonds is 4. The van der Waals surface area contributed by atoms with Crippen LogP contribution in [0.1, 0.15) is 0 Å². The zero-order valence-corrected chi connectivity index (χ0v) is 10.9. The molecule has 0 aliphatic heterocycles. The maximum atomic E-state index is 11.2. The van der Waals surface area contributed by atoms with Crippen molar-refractivity contribution in [1.82, 2.24) is 19.7 Å². The van der Waals surface area contributed by atoms with Gasteiger partial charge in [-0.05, 0) is 17.8 Å². The second kappa shape index (κ2) is 5.10. The van der Waals surface area contributed by atoms with Crippen molar-refractivity contribution >= 4 is 23.3 Å². The van der Waals surface area contributed by atoms with Crippen molar-refractivity contribution < 1.29 is 4.92 Å². The minimum absolute atomic E-state index is 0.139. The van der Waals surface area contributed by atoms with Gasteiger partial charge in [0.15, 0.2) is 10.2 Å². The topological polar surface area (TPSA) is 119 Å². The van der Waals surface area contributed by atoms with Crippen LogP contribution in [0.2, 0.25) is 0 Å². The van der Waals surface area contributed by atoms with Crippen LogP contribution < -0.4 is 11.0 Å². The van der Waals surface area contributed by atoms with E-state index in [4.69, 9.17) is 0 Å². The first-order valence-electron chi connectivity index (χ1n) is 5.15. The van der Waals surface area contributed by atoms with Crippen LogP contribution >= 0.6 is 11.8 Å². The molecular formula is C9H10N6O3S. The van der Waals surface area contributed by atoms with Crippen LogP contribution in [0.3, 0.4) is 0 Å². The minimum atomic E-state index is -0.528. The molecule has 2 heterocycles. The minimum Gasteiger partial charge on any atom is -0.373 e. The first-order valence-corrected chi connectivity index (χ1v) is 5.97. The summed E-state index contributed by atoms with van der Waals surface area (Å²) in [6.45, 7) is 0. The first-order chi connectivity index (χ1) is 9.02. The van der Waals surface area contributed by atoms with Gasteiger partial charge in [0.2, 0.25) is 0 Å². The molecule has 2 aromatic rings. The van der Waals surface area contributed by atoms with E-state index in [9.17, 15) is 14.9 Å². The summed E-state index contributed by atoms with van der Waals surface area (Å²) in [5.74, 6) is 0.494. The van der Waals surface area contributed by atoms with Gasteiger partial charge in [-0.2, -0.15) is 0 Å². The van der Waals surface area contributed by atoms with E-state index >= 15 is 0 Å². The van der Waals surface area contributed by atoms with Gasteiger partial charge in [-0.3, -0.25) is 14.7 Å². The number of nitrogens with zero attached hydrogens (tertiary/aromatic N) is 4. The summed E-state index contributed by atoms with van der Waals surface area (Å²) in [5.41, 5.74) is -0.533. The average molecular weight is 282 g/mol. The van der Waals surface area contributed by atoms with E-state index in [-0.39, 0.29) is 10.7 Å². The number of hydrogen-bond acceptors (Lipinski definition) is 7. The van der Waals surface area contributed by atoms with Crippen molar-refractivity contribution in [3.8, 4) is 0 Å². The Morgan fingerprint density at radius 3 is 2.79 bits per heavy atom. The zero-order valence-electron chi connectivity index (χ0n) is 10.1. The molecule has 19 heavy (non-hydrogen) atoms. The van der Waals surface area contributed by atoms with Gasteiger partial charge in [0, 0.05) is 20.2 Å². The number of H-pyrrole nitrogens is 1. The van der Waals surface area contributed by atoms with Crippen LogP contribution in [0.15, 0.2) is 27.1 Å². The number of hydrogen-bond donors (Lipinski definition) is 2. The Morgan fingerprint density at radius 1 is 1.53 bits per heavy atom. The number of aromatic nitrogens is 4. The van der Waals surface area contributed by atoms with E-state index in [2.05, 4.69) is 20.5 Å². The average Bonchev–Trinajstić information content (AvgIpc) is 2.70. The van der Waals surface area contributed by atoms with Crippen LogP contribution in [-0.4, -0.2) is 31.7 Å². The zero-order chi connectivity index (χ0) is 14.0. The molecule has 2 rings (SSSR count). The summed E-state index contributed by atoms with van der Waals surface area (Å²) in [6, 6.07) is 2.86. The molecule has 0 radical (unpaired) electrons. The normalized spacial score (nSPS) is 10.4. The molecule has 0 bridgehead atoms. The van der Waals surface area contributed by atoms with E-state index in [0.29, 0.717) is 11.0 Å². The van der Waals surface area contributed by atoms with Gasteiger partial charge in [0.25, 0.3) is 0 Å². The molecule has 0 amide bonds. The van der Waals surface area contributed by atoms with Gasteiger partial charge >= 0.3 is 11.4 Å². The summed E-state index contributed by atoms with van der Waals surface area (Å²) in [4.78, 5) is 25.7. The van der Waals surface area contributed by atoms with Crippen molar-refractivity contribution in [1.29, 1.82) is 0 Å². The molecule has 0 saturated heterocycles. The smallest absolute Gasteiger partial charge is 0.343 e. The van der Waals surface area contributed by atoms with Crippen molar-refractivity contribution in [3.05, 3.63) is 32.7 Å². The van der Waals surface area contributed by atoms with E-state index in [0.717, 1.165) is 11.8 Å². The molecule has 100 valence electrons. The predicted molar refractivity (Wildman–Crippen MR) is 68.4 cm³/mol. The number of aromatic amines is 1. The summed E-state index contributed by atoms with van der Waals surface area (Å²) < 4.78 is 1.25. The van der Waals surface area contributed by atoms with Crippen LogP contribution in [0.4, 0.5) is 11.5 Å². The van der Waals surface area contributed by atoms with E-state index < -0.39 is 10.6 Å². The second-order valence-corrected chi connectivity index (χ2v) is 4.46. The lowest BCUT2D eigenvalue weighted by atomic mass is 10.4. The summed E-state index contributed by atoms with van der Waals surface area (Å²) in [7, 11) is 3.18. The fourth-order valence-corrected chi connectivity index (χ4v) is 2.17. The summed E-state index contributed by atoms with van der Waals surface area (Å²) in [5, 5.41) is 20.2. The van der Waals surface area contributed by atoms with Gasteiger partial charge < -0.3 is 5.32 Å². The molecule has 0 fully saturated rings. The SMILES string of the molecule is CNc1ccc([N+](=O)[O-])c(Sc2n[nH]c(=O)n2C)n1. The lowest BCUT2D eigenvalue weighted by molar-refractivity contribution is -0.388. The van der Waals surface area contributed by atoms with Gasteiger partial charge in [0.1, 0.15) is 5.82 Å². The number of nitro groups is 1. The highest BCUT2D eigenvalue weighted by atomic mass is 32.2. The van der Waals surface area contributed by atoms with Gasteiger partial charge in [-0.15, -0.1) is 5.10 Å². The molecule has 0 aliphatic rings. The molecular weight excluding hydrogens is 272 g/mol. The third-order valence-corrected chi connectivity index (χ3v) is 3.36. The quantitative estimate of drug-likeness (QED) is 0.622. The third-order valence-electron chi connectivity index (χ3n) is 2.32. The molecule has 0 spiro atoms. The van der Waals surface area contributed by atoms with Crippen LogP contribution in [-0.2, 0) is 7.05 Å². The van der Waals surface area contributed by atoms with Crippen LogP contribution in [0, 0.1) is 10.1 Å². The molecule has 10 heteroatoms.